The van der Waals surface area contributed by atoms with Crippen LogP contribution in [0.3, 0.4) is 0 Å². The van der Waals surface area contributed by atoms with E-state index < -0.39 is 40.5 Å². The molecule has 7 heteroatoms. The van der Waals surface area contributed by atoms with Crippen LogP contribution in [0.15, 0.2) is 12.2 Å². The van der Waals surface area contributed by atoms with Crippen LogP contribution in [0, 0.1) is 0 Å². The summed E-state index contributed by atoms with van der Waals surface area (Å²) < 4.78 is -0.477. The first kappa shape index (κ1) is 27.1. The van der Waals surface area contributed by atoms with Gasteiger partial charge in [0.1, 0.15) is 6.04 Å². The van der Waals surface area contributed by atoms with Crippen molar-refractivity contribution in [3.05, 3.63) is 12.2 Å². The molecule has 0 heterocycles. The van der Waals surface area contributed by atoms with Crippen molar-refractivity contribution < 1.29 is 34.2 Å². The highest BCUT2D eigenvalue weighted by Gasteiger charge is 2.53. The SMILES string of the molecule is C/C=C/CCCCCCC[N+](C(CC)C(=O)[O-])(C(CC)C(=O)O)C(CC)C(=O)O. The van der Waals surface area contributed by atoms with Crippen LogP contribution in [0.1, 0.15) is 85.5 Å². The molecular formula is C22H39NO6. The van der Waals surface area contributed by atoms with E-state index in [0.717, 1.165) is 32.1 Å². The lowest BCUT2D eigenvalue weighted by Crippen LogP contribution is -2.73. The molecule has 0 aromatic carbocycles. The van der Waals surface area contributed by atoms with Crippen molar-refractivity contribution in [3.8, 4) is 0 Å². The summed E-state index contributed by atoms with van der Waals surface area (Å²) >= 11 is 0. The number of hydrogen-bond donors (Lipinski definition) is 2. The van der Waals surface area contributed by atoms with Gasteiger partial charge in [0.15, 0.2) is 12.1 Å². The number of hydrogen-bond acceptors (Lipinski definition) is 4. The van der Waals surface area contributed by atoms with E-state index in [4.69, 9.17) is 0 Å². The molecule has 2 N–H and O–H groups in total. The van der Waals surface area contributed by atoms with Crippen molar-refractivity contribution in [2.24, 2.45) is 0 Å². The first-order chi connectivity index (χ1) is 13.7. The second-order valence-corrected chi connectivity index (χ2v) is 7.61. The second kappa shape index (κ2) is 14.1. The zero-order chi connectivity index (χ0) is 22.4. The van der Waals surface area contributed by atoms with Gasteiger partial charge < -0.3 is 20.1 Å². The molecule has 3 atom stereocenters. The number of carboxylic acid groups (broad SMARTS) is 3. The monoisotopic (exact) mass is 413 g/mol. The average Bonchev–Trinajstić information content (AvgIpc) is 2.64. The van der Waals surface area contributed by atoms with Gasteiger partial charge in [0.2, 0.25) is 0 Å². The fourth-order valence-corrected chi connectivity index (χ4v) is 4.61. The minimum atomic E-state index is -1.38. The molecule has 0 aliphatic heterocycles. The highest BCUT2D eigenvalue weighted by atomic mass is 16.4. The standard InChI is InChI=1S/C22H39NO6/c1-5-9-10-11-12-13-14-15-16-23(17(6-2)20(24)25,18(7-3)21(26)27)19(8-4)22(28)29/h5,9,17-19H,6-8,10-16H2,1-4H3,(H2-,24,25,26,27,28,29)/b9-5+. The summed E-state index contributed by atoms with van der Waals surface area (Å²) in [6.45, 7) is 7.18. The van der Waals surface area contributed by atoms with E-state index in [1.54, 1.807) is 20.8 Å². The Labute approximate surface area is 175 Å². The predicted octanol–water partition coefficient (Wildman–Crippen LogP) is 2.97. The Hall–Kier alpha value is -1.89. The van der Waals surface area contributed by atoms with Crippen molar-refractivity contribution in [1.82, 2.24) is 0 Å². The van der Waals surface area contributed by atoms with Crippen molar-refractivity contribution in [2.75, 3.05) is 6.54 Å². The Morgan fingerprint density at radius 1 is 0.828 bits per heavy atom. The summed E-state index contributed by atoms with van der Waals surface area (Å²) in [4.78, 5) is 36.1. The van der Waals surface area contributed by atoms with E-state index >= 15 is 0 Å². The van der Waals surface area contributed by atoms with Crippen LogP contribution >= 0.6 is 0 Å². The third kappa shape index (κ3) is 7.46. The summed E-state index contributed by atoms with van der Waals surface area (Å²) in [6.07, 6.45) is 10.1. The minimum absolute atomic E-state index is 0.124. The molecule has 168 valence electrons. The molecule has 0 saturated carbocycles. The van der Waals surface area contributed by atoms with Crippen LogP contribution in [-0.2, 0) is 14.4 Å². The van der Waals surface area contributed by atoms with Gasteiger partial charge in [-0.2, -0.15) is 0 Å². The molecule has 0 amide bonds. The Kier molecular flexibility index (Phi) is 13.2. The number of quaternary nitrogens is 1. The fraction of sp³-hybridized carbons (Fsp3) is 0.773. The maximum Gasteiger partial charge on any atom is 0.362 e. The van der Waals surface area contributed by atoms with Gasteiger partial charge in [-0.1, -0.05) is 45.8 Å². The quantitative estimate of drug-likeness (QED) is 0.215. The van der Waals surface area contributed by atoms with Gasteiger partial charge in [-0.25, -0.2) is 9.59 Å². The maximum atomic E-state index is 12.1. The number of unbranched alkanes of at least 4 members (excludes halogenated alkanes) is 5. The molecule has 0 aliphatic carbocycles. The number of carbonyl (C=O) groups is 3. The van der Waals surface area contributed by atoms with E-state index in [9.17, 15) is 29.7 Å². The van der Waals surface area contributed by atoms with Gasteiger partial charge in [0.05, 0.1) is 12.5 Å². The van der Waals surface area contributed by atoms with Gasteiger partial charge in [-0.15, -0.1) is 0 Å². The van der Waals surface area contributed by atoms with Gasteiger partial charge in [0, 0.05) is 19.3 Å². The Morgan fingerprint density at radius 2 is 1.28 bits per heavy atom. The lowest BCUT2D eigenvalue weighted by atomic mass is 9.94. The Morgan fingerprint density at radius 3 is 1.66 bits per heavy atom. The number of nitrogens with zero attached hydrogens (tertiary/aromatic N) is 1. The van der Waals surface area contributed by atoms with Crippen molar-refractivity contribution in [1.29, 1.82) is 0 Å². The van der Waals surface area contributed by atoms with Crippen LogP contribution < -0.4 is 5.11 Å². The molecule has 29 heavy (non-hydrogen) atoms. The molecule has 0 aliphatic rings. The maximum absolute atomic E-state index is 12.1. The molecule has 0 radical (unpaired) electrons. The molecule has 0 aromatic heterocycles. The minimum Gasteiger partial charge on any atom is -0.544 e. The molecule has 0 spiro atoms. The van der Waals surface area contributed by atoms with Gasteiger partial charge >= 0.3 is 11.9 Å². The number of carbonyl (C=O) groups excluding carboxylic acids is 1. The zero-order valence-corrected chi connectivity index (χ0v) is 18.4. The molecule has 7 nitrogen and oxygen atoms in total. The van der Waals surface area contributed by atoms with Crippen LogP contribution in [0.4, 0.5) is 0 Å². The van der Waals surface area contributed by atoms with Gasteiger partial charge in [-0.05, 0) is 32.6 Å². The molecule has 0 rings (SSSR count). The summed E-state index contributed by atoms with van der Waals surface area (Å²) in [6, 6.07) is -3.38. The number of rotatable bonds is 17. The molecule has 0 bridgehead atoms. The third-order valence-electron chi connectivity index (χ3n) is 5.90. The summed E-state index contributed by atoms with van der Waals surface area (Å²) in [5.41, 5.74) is 0. The first-order valence-electron chi connectivity index (χ1n) is 10.9. The van der Waals surface area contributed by atoms with Crippen molar-refractivity contribution in [2.45, 2.75) is 104 Å². The number of aliphatic carboxylic acids is 3. The zero-order valence-electron chi connectivity index (χ0n) is 18.4. The topological polar surface area (TPSA) is 115 Å². The normalized spacial score (nSPS) is 16.8. The lowest BCUT2D eigenvalue weighted by molar-refractivity contribution is -0.974. The lowest BCUT2D eigenvalue weighted by Gasteiger charge is -2.51. The fourth-order valence-electron chi connectivity index (χ4n) is 4.61. The molecule has 0 aromatic rings. The predicted molar refractivity (Wildman–Crippen MR) is 110 cm³/mol. The van der Waals surface area contributed by atoms with E-state index in [-0.39, 0.29) is 25.8 Å². The van der Waals surface area contributed by atoms with Crippen LogP contribution in [-0.4, -0.2) is 57.3 Å². The average molecular weight is 414 g/mol. The van der Waals surface area contributed by atoms with Crippen molar-refractivity contribution in [3.63, 3.8) is 0 Å². The van der Waals surface area contributed by atoms with E-state index in [1.165, 1.54) is 0 Å². The Balaban J connectivity index is 5.76. The third-order valence-corrected chi connectivity index (χ3v) is 5.90. The molecular weight excluding hydrogens is 374 g/mol. The summed E-state index contributed by atoms with van der Waals surface area (Å²) in [5, 5.41) is 31.7. The highest BCUT2D eigenvalue weighted by Crippen LogP contribution is 2.32. The largest absolute Gasteiger partial charge is 0.544 e. The molecule has 0 fully saturated rings. The van der Waals surface area contributed by atoms with Gasteiger partial charge in [-0.3, -0.25) is 4.48 Å². The highest BCUT2D eigenvalue weighted by molar-refractivity contribution is 5.77. The number of carboxylic acids is 3. The smallest absolute Gasteiger partial charge is 0.362 e. The number of allylic oxidation sites excluding steroid dienone is 2. The molecule has 3 unspecified atom stereocenters. The van der Waals surface area contributed by atoms with Crippen LogP contribution in [0.25, 0.3) is 0 Å². The summed E-state index contributed by atoms with van der Waals surface area (Å²) in [7, 11) is 0. The van der Waals surface area contributed by atoms with Crippen LogP contribution in [0.2, 0.25) is 0 Å². The molecule has 0 saturated heterocycles. The Bertz CT molecular complexity index is 490. The van der Waals surface area contributed by atoms with Gasteiger partial charge in [0.25, 0.3) is 0 Å². The van der Waals surface area contributed by atoms with Crippen LogP contribution in [0.5, 0.6) is 0 Å². The van der Waals surface area contributed by atoms with Crippen molar-refractivity contribution >= 4 is 17.9 Å². The van der Waals surface area contributed by atoms with E-state index in [1.807, 2.05) is 13.0 Å². The summed E-state index contributed by atoms with van der Waals surface area (Å²) in [5.74, 6) is -3.69. The van der Waals surface area contributed by atoms with E-state index in [2.05, 4.69) is 6.08 Å². The van der Waals surface area contributed by atoms with E-state index in [0.29, 0.717) is 6.42 Å². The second-order valence-electron chi connectivity index (χ2n) is 7.61. The first-order valence-corrected chi connectivity index (χ1v) is 10.9.